The zero-order chi connectivity index (χ0) is 22.5. The number of pyridine rings is 1. The van der Waals surface area contributed by atoms with E-state index in [9.17, 15) is 22.8 Å². The van der Waals surface area contributed by atoms with E-state index in [0.717, 1.165) is 10.6 Å². The third-order valence-electron chi connectivity index (χ3n) is 5.54. The lowest BCUT2D eigenvalue weighted by molar-refractivity contribution is -0.142. The molecule has 10 heteroatoms. The van der Waals surface area contributed by atoms with Crippen molar-refractivity contribution in [2.45, 2.75) is 44.8 Å². The van der Waals surface area contributed by atoms with Crippen LogP contribution in [0.5, 0.6) is 0 Å². The normalized spacial score (nSPS) is 17.1. The highest BCUT2D eigenvalue weighted by Crippen LogP contribution is 2.35. The molecule has 1 fully saturated rings. The topological polar surface area (TPSA) is 72.5 Å². The minimum atomic E-state index is -4.59. The molecule has 0 radical (unpaired) electrons. The van der Waals surface area contributed by atoms with Crippen LogP contribution in [0.4, 0.5) is 13.2 Å². The molecule has 1 amide bonds. The van der Waals surface area contributed by atoms with Crippen LogP contribution in [0.25, 0.3) is 5.65 Å². The van der Waals surface area contributed by atoms with E-state index in [1.54, 1.807) is 25.8 Å². The van der Waals surface area contributed by atoms with Crippen LogP contribution in [0.2, 0.25) is 0 Å². The van der Waals surface area contributed by atoms with Gasteiger partial charge in [-0.15, -0.1) is 0 Å². The number of carbonyl (C=O) groups excluding carboxylic acids is 1. The Balaban J connectivity index is 1.76. The Labute approximate surface area is 176 Å². The molecule has 0 unspecified atom stereocenters. The number of amides is 1. The highest BCUT2D eigenvalue weighted by atomic mass is 19.4. The molecule has 1 aliphatic rings. The smallest absolute Gasteiger partial charge is 0.330 e. The first kappa shape index (κ1) is 21.1. The van der Waals surface area contributed by atoms with Crippen LogP contribution < -0.4 is 5.56 Å². The van der Waals surface area contributed by atoms with E-state index in [0.29, 0.717) is 36.3 Å². The van der Waals surface area contributed by atoms with Crippen LogP contribution >= 0.6 is 0 Å². The van der Waals surface area contributed by atoms with Crippen LogP contribution in [-0.4, -0.2) is 36.5 Å². The number of likely N-dealkylation sites (tertiary alicyclic amines) is 1. The molecule has 0 spiro atoms. The molecule has 0 saturated carbocycles. The van der Waals surface area contributed by atoms with Gasteiger partial charge in [-0.05, 0) is 30.9 Å². The molecule has 0 aromatic carbocycles. The lowest BCUT2D eigenvalue weighted by Gasteiger charge is -2.23. The molecule has 1 atom stereocenters. The number of halogens is 3. The Bertz CT molecular complexity index is 1210. The number of nitrogens with zero attached hydrogens (tertiary/aromatic N) is 5. The standard InChI is InChI=1S/C21H22F3N5O2/c1-12(2)14-9-17(21(22,23)24)29-18(25-14)10-15(26-29)16-5-4-8-28(16)20(31)13-6-7-19(30)27(3)11-13/h6-7,9-12,16H,4-5,8H2,1-3H3/t16-/m0/s1. The van der Waals surface area contributed by atoms with Crippen molar-refractivity contribution in [3.8, 4) is 0 Å². The molecular formula is C21H22F3N5O2. The van der Waals surface area contributed by atoms with Gasteiger partial charge in [-0.25, -0.2) is 9.50 Å². The minimum absolute atomic E-state index is 0.106. The summed E-state index contributed by atoms with van der Waals surface area (Å²) < 4.78 is 43.1. The molecule has 1 aliphatic heterocycles. The second-order valence-electron chi connectivity index (χ2n) is 8.08. The first-order valence-corrected chi connectivity index (χ1v) is 10.0. The summed E-state index contributed by atoms with van der Waals surface area (Å²) in [6.07, 6.45) is -1.84. The number of hydrogen-bond acceptors (Lipinski definition) is 4. The van der Waals surface area contributed by atoms with E-state index in [-0.39, 0.29) is 23.0 Å². The third-order valence-corrected chi connectivity index (χ3v) is 5.54. The summed E-state index contributed by atoms with van der Waals surface area (Å²) >= 11 is 0. The molecule has 1 saturated heterocycles. The summed E-state index contributed by atoms with van der Waals surface area (Å²) in [6, 6.07) is 4.86. The lowest BCUT2D eigenvalue weighted by atomic mass is 10.1. The zero-order valence-corrected chi connectivity index (χ0v) is 17.3. The van der Waals surface area contributed by atoms with E-state index in [2.05, 4.69) is 10.1 Å². The maximum Gasteiger partial charge on any atom is 0.433 e. The van der Waals surface area contributed by atoms with Gasteiger partial charge in [-0.3, -0.25) is 9.59 Å². The average molecular weight is 433 g/mol. The fourth-order valence-electron chi connectivity index (χ4n) is 3.88. The number of alkyl halides is 3. The quantitative estimate of drug-likeness (QED) is 0.633. The van der Waals surface area contributed by atoms with Crippen LogP contribution in [0.1, 0.15) is 66.1 Å². The highest BCUT2D eigenvalue weighted by molar-refractivity contribution is 5.94. The van der Waals surface area contributed by atoms with Crippen molar-refractivity contribution in [3.63, 3.8) is 0 Å². The first-order valence-electron chi connectivity index (χ1n) is 10.0. The Kier molecular flexibility index (Phi) is 5.10. The van der Waals surface area contributed by atoms with E-state index in [1.807, 2.05) is 0 Å². The minimum Gasteiger partial charge on any atom is -0.330 e. The molecule has 3 aromatic rings. The maximum absolute atomic E-state index is 13.7. The summed E-state index contributed by atoms with van der Waals surface area (Å²) in [7, 11) is 1.55. The molecule has 31 heavy (non-hydrogen) atoms. The lowest BCUT2D eigenvalue weighted by Crippen LogP contribution is -2.32. The predicted octanol–water partition coefficient (Wildman–Crippen LogP) is 3.55. The Morgan fingerprint density at radius 1 is 1.23 bits per heavy atom. The summed E-state index contributed by atoms with van der Waals surface area (Å²) in [5.41, 5.74) is 0.0253. The number of carbonyl (C=O) groups is 1. The van der Waals surface area contributed by atoms with Crippen molar-refractivity contribution in [2.75, 3.05) is 6.54 Å². The Morgan fingerprint density at radius 2 is 1.97 bits per heavy atom. The number of rotatable bonds is 3. The van der Waals surface area contributed by atoms with Gasteiger partial charge in [0.05, 0.1) is 17.3 Å². The van der Waals surface area contributed by atoms with Crippen molar-refractivity contribution < 1.29 is 18.0 Å². The van der Waals surface area contributed by atoms with Crippen molar-refractivity contribution in [2.24, 2.45) is 7.05 Å². The number of aryl methyl sites for hydroxylation is 1. The van der Waals surface area contributed by atoms with Gasteiger partial charge in [0, 0.05) is 37.6 Å². The molecule has 4 heterocycles. The van der Waals surface area contributed by atoms with Gasteiger partial charge in [0.15, 0.2) is 5.65 Å². The SMILES string of the molecule is CC(C)c1cc(C(F)(F)F)n2nc([C@@H]3CCCN3C(=O)c3ccc(=O)n(C)c3)cc2n1. The number of aromatic nitrogens is 4. The van der Waals surface area contributed by atoms with Crippen LogP contribution in [-0.2, 0) is 13.2 Å². The van der Waals surface area contributed by atoms with Crippen molar-refractivity contribution in [1.29, 1.82) is 0 Å². The predicted molar refractivity (Wildman–Crippen MR) is 107 cm³/mol. The van der Waals surface area contributed by atoms with Gasteiger partial charge in [0.25, 0.3) is 5.91 Å². The Morgan fingerprint density at radius 3 is 2.61 bits per heavy atom. The van der Waals surface area contributed by atoms with Crippen molar-refractivity contribution in [3.05, 3.63) is 63.5 Å². The zero-order valence-electron chi connectivity index (χ0n) is 17.3. The summed E-state index contributed by atoms with van der Waals surface area (Å²) in [4.78, 5) is 30.6. The van der Waals surface area contributed by atoms with E-state index >= 15 is 0 Å². The summed E-state index contributed by atoms with van der Waals surface area (Å²) in [6.45, 7) is 4.01. The van der Waals surface area contributed by atoms with E-state index in [4.69, 9.17) is 0 Å². The van der Waals surface area contributed by atoms with Gasteiger partial charge in [0.1, 0.15) is 5.69 Å². The molecule has 7 nitrogen and oxygen atoms in total. The van der Waals surface area contributed by atoms with Crippen LogP contribution in [0.15, 0.2) is 35.3 Å². The van der Waals surface area contributed by atoms with Gasteiger partial charge in [0.2, 0.25) is 5.56 Å². The molecule has 4 rings (SSSR count). The van der Waals surface area contributed by atoms with Crippen LogP contribution in [0, 0.1) is 0 Å². The Hall–Kier alpha value is -3.17. The highest BCUT2D eigenvalue weighted by Gasteiger charge is 2.37. The van der Waals surface area contributed by atoms with Crippen LogP contribution in [0.3, 0.4) is 0 Å². The number of hydrogen-bond donors (Lipinski definition) is 0. The van der Waals surface area contributed by atoms with Crippen molar-refractivity contribution in [1.82, 2.24) is 24.1 Å². The van der Waals surface area contributed by atoms with Gasteiger partial charge in [-0.2, -0.15) is 18.3 Å². The molecule has 0 bridgehead atoms. The summed E-state index contributed by atoms with van der Waals surface area (Å²) in [5, 5.41) is 4.20. The third kappa shape index (κ3) is 3.82. The molecule has 3 aromatic heterocycles. The monoisotopic (exact) mass is 433 g/mol. The molecule has 0 aliphatic carbocycles. The number of fused-ring (bicyclic) bond motifs is 1. The van der Waals surface area contributed by atoms with Gasteiger partial charge in [-0.1, -0.05) is 13.8 Å². The fraction of sp³-hybridized carbons (Fsp3) is 0.429. The van der Waals surface area contributed by atoms with E-state index in [1.165, 1.54) is 29.0 Å². The molecule has 164 valence electrons. The maximum atomic E-state index is 13.7. The second-order valence-corrected chi connectivity index (χ2v) is 8.08. The van der Waals surface area contributed by atoms with Gasteiger partial charge < -0.3 is 9.47 Å². The fourth-order valence-corrected chi connectivity index (χ4v) is 3.88. The van der Waals surface area contributed by atoms with E-state index < -0.39 is 17.9 Å². The molecular weight excluding hydrogens is 411 g/mol. The first-order chi connectivity index (χ1) is 14.6. The second kappa shape index (κ2) is 7.51. The summed E-state index contributed by atoms with van der Waals surface area (Å²) in [5.74, 6) is -0.472. The van der Waals surface area contributed by atoms with Crippen molar-refractivity contribution >= 4 is 11.6 Å². The average Bonchev–Trinajstić information content (AvgIpc) is 3.34. The van der Waals surface area contributed by atoms with Gasteiger partial charge >= 0.3 is 6.18 Å². The largest absolute Gasteiger partial charge is 0.433 e. The molecule has 0 N–H and O–H groups in total.